The molecule has 1 heterocycles. The average Bonchev–Trinajstić information content (AvgIpc) is 3.22. The van der Waals surface area contributed by atoms with Crippen LogP contribution in [0, 0.1) is 0 Å². The molecule has 8 heteroatoms. The summed E-state index contributed by atoms with van der Waals surface area (Å²) < 4.78 is 22.7. The van der Waals surface area contributed by atoms with Crippen molar-refractivity contribution in [1.29, 1.82) is 0 Å². The van der Waals surface area contributed by atoms with Crippen molar-refractivity contribution in [2.75, 3.05) is 33.9 Å². The zero-order valence-electron chi connectivity index (χ0n) is 23.7. The largest absolute Gasteiger partial charge is 0.497 e. The average molecular weight is 547 g/mol. The first-order valence-electron chi connectivity index (χ1n) is 13.6. The van der Waals surface area contributed by atoms with Gasteiger partial charge in [-0.2, -0.15) is 0 Å². The summed E-state index contributed by atoms with van der Waals surface area (Å²) in [7, 11) is 3.48. The van der Waals surface area contributed by atoms with E-state index in [1.807, 2.05) is 90.8 Å². The Kier molecular flexibility index (Phi) is 9.53. The lowest BCUT2D eigenvalue weighted by molar-refractivity contribution is -0.160. The minimum Gasteiger partial charge on any atom is -0.497 e. The monoisotopic (exact) mass is 546 g/mol. The summed E-state index contributed by atoms with van der Waals surface area (Å²) in [5.41, 5.74) is 0.787. The fourth-order valence-electron chi connectivity index (χ4n) is 4.83. The second-order valence-electron chi connectivity index (χ2n) is 10.1. The van der Waals surface area contributed by atoms with E-state index in [1.54, 1.807) is 25.9 Å². The quantitative estimate of drug-likeness (QED) is 0.269. The van der Waals surface area contributed by atoms with E-state index in [0.29, 0.717) is 38.3 Å². The van der Waals surface area contributed by atoms with Crippen LogP contribution in [-0.4, -0.2) is 67.4 Å². The number of hydrogen-bond donors (Lipinski definition) is 0. The molecular formula is C32H38N2O6. The maximum absolute atomic E-state index is 12.8. The molecule has 0 aliphatic carbocycles. The molecule has 2 atom stereocenters. The van der Waals surface area contributed by atoms with Crippen LogP contribution in [0.25, 0.3) is 0 Å². The molecule has 40 heavy (non-hydrogen) atoms. The molecule has 0 radical (unpaired) electrons. The molecule has 1 saturated heterocycles. The number of carbonyl (C=O) groups is 2. The van der Waals surface area contributed by atoms with Crippen LogP contribution < -0.4 is 14.2 Å². The Morgan fingerprint density at radius 2 is 1.68 bits per heavy atom. The molecule has 3 aromatic carbocycles. The van der Waals surface area contributed by atoms with Gasteiger partial charge < -0.3 is 28.7 Å². The second kappa shape index (κ2) is 13.2. The van der Waals surface area contributed by atoms with Crippen molar-refractivity contribution in [3.8, 4) is 17.2 Å². The van der Waals surface area contributed by atoms with Gasteiger partial charge in [-0.15, -0.1) is 0 Å². The predicted octanol–water partition coefficient (Wildman–Crippen LogP) is 5.34. The minimum atomic E-state index is -1.17. The second-order valence-corrected chi connectivity index (χ2v) is 10.1. The summed E-state index contributed by atoms with van der Waals surface area (Å²) in [4.78, 5) is 29.2. The van der Waals surface area contributed by atoms with Crippen LogP contribution >= 0.6 is 0 Å². The van der Waals surface area contributed by atoms with Crippen molar-refractivity contribution in [2.45, 2.75) is 44.9 Å². The van der Waals surface area contributed by atoms with E-state index in [9.17, 15) is 9.59 Å². The van der Waals surface area contributed by atoms with Gasteiger partial charge in [-0.05, 0) is 61.4 Å². The lowest BCUT2D eigenvalue weighted by Gasteiger charge is -2.28. The first-order chi connectivity index (χ1) is 19.3. The number of rotatable bonds is 13. The van der Waals surface area contributed by atoms with Gasteiger partial charge in [0.15, 0.2) is 0 Å². The summed E-state index contributed by atoms with van der Waals surface area (Å²) in [6.07, 6.45) is 1.06. The normalized spacial score (nSPS) is 16.4. The number of ether oxygens (including phenoxy) is 4. The van der Waals surface area contributed by atoms with Gasteiger partial charge in [0.05, 0.1) is 26.4 Å². The number of methoxy groups -OCH3 is 1. The van der Waals surface area contributed by atoms with Crippen LogP contribution in [0.2, 0.25) is 0 Å². The van der Waals surface area contributed by atoms with Crippen molar-refractivity contribution in [3.05, 3.63) is 90.0 Å². The molecule has 0 N–H and O–H groups in total. The van der Waals surface area contributed by atoms with Gasteiger partial charge in [-0.1, -0.05) is 42.5 Å². The van der Waals surface area contributed by atoms with E-state index < -0.39 is 11.6 Å². The fourth-order valence-corrected chi connectivity index (χ4v) is 4.83. The number of carbonyl (C=O) groups excluding carboxylic acids is 2. The third-order valence-electron chi connectivity index (χ3n) is 7.04. The van der Waals surface area contributed by atoms with Gasteiger partial charge >= 0.3 is 12.0 Å². The molecule has 2 unspecified atom stereocenters. The van der Waals surface area contributed by atoms with Crippen LogP contribution in [0.1, 0.15) is 31.4 Å². The number of nitrogens with zero attached hydrogens (tertiary/aromatic N) is 2. The SMILES string of the molecule is CCOC(=O)C(C)(Cc1ccc(OCCC2CN(Cc3cccc(OC)c3)C(=O)N2C)cc1)Oc1ccccc1. The third kappa shape index (κ3) is 7.25. The van der Waals surface area contributed by atoms with Crippen LogP contribution in [0.15, 0.2) is 78.9 Å². The number of para-hydroxylation sites is 1. The molecule has 0 aromatic heterocycles. The number of benzene rings is 3. The highest BCUT2D eigenvalue weighted by atomic mass is 16.6. The van der Waals surface area contributed by atoms with Gasteiger partial charge in [0, 0.05) is 33.0 Å². The zero-order chi connectivity index (χ0) is 28.5. The lowest BCUT2D eigenvalue weighted by Crippen LogP contribution is -2.45. The molecule has 0 saturated carbocycles. The molecule has 4 rings (SSSR count). The summed E-state index contributed by atoms with van der Waals surface area (Å²) in [6, 6.07) is 24.8. The molecule has 2 amide bonds. The standard InChI is InChI=1S/C32H38N2O6/c1-5-38-30(35)32(2,40-28-11-7-6-8-12-28)21-24-14-16-27(17-15-24)39-19-18-26-23-34(31(36)33(26)3)22-25-10-9-13-29(20-25)37-4/h6-17,20,26H,5,18-19,21-23H2,1-4H3. The Bertz CT molecular complexity index is 1270. The first-order valence-corrected chi connectivity index (χ1v) is 13.6. The number of hydrogen-bond acceptors (Lipinski definition) is 6. The van der Waals surface area contributed by atoms with Crippen molar-refractivity contribution in [2.24, 2.45) is 0 Å². The van der Waals surface area contributed by atoms with Crippen molar-refractivity contribution >= 4 is 12.0 Å². The van der Waals surface area contributed by atoms with Crippen molar-refractivity contribution in [1.82, 2.24) is 9.80 Å². The molecule has 1 fully saturated rings. The summed E-state index contributed by atoms with van der Waals surface area (Å²) >= 11 is 0. The molecular weight excluding hydrogens is 508 g/mol. The maximum Gasteiger partial charge on any atom is 0.350 e. The first kappa shape index (κ1) is 28.8. The van der Waals surface area contributed by atoms with Crippen molar-refractivity contribution < 1.29 is 28.5 Å². The summed E-state index contributed by atoms with van der Waals surface area (Å²) in [5.74, 6) is 1.71. The highest BCUT2D eigenvalue weighted by molar-refractivity contribution is 5.80. The van der Waals surface area contributed by atoms with E-state index in [2.05, 4.69) is 0 Å². The number of likely N-dealkylation sites (N-methyl/N-ethyl adjacent to an activating group) is 1. The summed E-state index contributed by atoms with van der Waals surface area (Å²) in [6.45, 7) is 5.47. The van der Waals surface area contributed by atoms with E-state index in [-0.39, 0.29) is 18.7 Å². The number of amides is 2. The van der Waals surface area contributed by atoms with Gasteiger partial charge in [0.1, 0.15) is 17.2 Å². The Morgan fingerprint density at radius 1 is 0.950 bits per heavy atom. The molecule has 0 bridgehead atoms. The molecule has 0 spiro atoms. The lowest BCUT2D eigenvalue weighted by atomic mass is 9.96. The smallest absolute Gasteiger partial charge is 0.350 e. The number of esters is 1. The van der Waals surface area contributed by atoms with Gasteiger partial charge in [0.25, 0.3) is 0 Å². The van der Waals surface area contributed by atoms with Gasteiger partial charge in [-0.3, -0.25) is 0 Å². The molecule has 1 aliphatic heterocycles. The van der Waals surface area contributed by atoms with E-state index in [1.165, 1.54) is 0 Å². The third-order valence-corrected chi connectivity index (χ3v) is 7.04. The van der Waals surface area contributed by atoms with E-state index >= 15 is 0 Å². The zero-order valence-corrected chi connectivity index (χ0v) is 23.7. The highest BCUT2D eigenvalue weighted by Crippen LogP contribution is 2.26. The maximum atomic E-state index is 12.8. The van der Waals surface area contributed by atoms with E-state index in [0.717, 1.165) is 22.6 Å². The molecule has 3 aromatic rings. The van der Waals surface area contributed by atoms with Crippen molar-refractivity contribution in [3.63, 3.8) is 0 Å². The summed E-state index contributed by atoms with van der Waals surface area (Å²) in [5, 5.41) is 0. The van der Waals surface area contributed by atoms with Crippen LogP contribution in [0.4, 0.5) is 4.79 Å². The van der Waals surface area contributed by atoms with Gasteiger partial charge in [0.2, 0.25) is 5.60 Å². The Balaban J connectivity index is 1.30. The topological polar surface area (TPSA) is 77.5 Å². The predicted molar refractivity (Wildman–Crippen MR) is 153 cm³/mol. The molecule has 8 nitrogen and oxygen atoms in total. The van der Waals surface area contributed by atoms with E-state index in [4.69, 9.17) is 18.9 Å². The minimum absolute atomic E-state index is 0.0135. The molecule has 212 valence electrons. The Labute approximate surface area is 236 Å². The number of urea groups is 1. The van der Waals surface area contributed by atoms with Crippen LogP contribution in [-0.2, 0) is 22.5 Å². The Morgan fingerprint density at radius 3 is 2.38 bits per heavy atom. The van der Waals surface area contributed by atoms with Crippen LogP contribution in [0.5, 0.6) is 17.2 Å². The van der Waals surface area contributed by atoms with Crippen LogP contribution in [0.3, 0.4) is 0 Å². The Hall–Kier alpha value is -4.20. The fraction of sp³-hybridized carbons (Fsp3) is 0.375. The van der Waals surface area contributed by atoms with Gasteiger partial charge in [-0.25, -0.2) is 9.59 Å². The highest BCUT2D eigenvalue weighted by Gasteiger charge is 2.38. The molecule has 1 aliphatic rings.